The number of aliphatic hydroxyl groups is 1. The summed E-state index contributed by atoms with van der Waals surface area (Å²) in [6.07, 6.45) is 2.39. The zero-order valence-corrected chi connectivity index (χ0v) is 8.96. The molecule has 0 bridgehead atoms. The van der Waals surface area contributed by atoms with Crippen LogP contribution in [0.1, 0.15) is 43.9 Å². The highest BCUT2D eigenvalue weighted by molar-refractivity contribution is 5.45. The average Bonchev–Trinajstić information content (AvgIpc) is 2.17. The lowest BCUT2D eigenvalue weighted by molar-refractivity contribution is 0.165. The fourth-order valence-corrected chi connectivity index (χ4v) is 1.69. The number of hydrogen-bond donors (Lipinski definition) is 2. The molecule has 0 amide bonds. The molecule has 0 saturated carbocycles. The maximum Gasteiger partial charge on any atom is 0.0792 e. The molecular formula is C12H19NO. The predicted molar refractivity (Wildman–Crippen MR) is 60.1 cm³/mol. The SMILES string of the molecule is CCCC(O)c1ccc(N)cc1CC. The lowest BCUT2D eigenvalue weighted by Gasteiger charge is -2.14. The van der Waals surface area contributed by atoms with Crippen molar-refractivity contribution in [2.45, 2.75) is 39.2 Å². The molecule has 1 aromatic carbocycles. The molecule has 1 rings (SSSR count). The van der Waals surface area contributed by atoms with Crippen LogP contribution < -0.4 is 5.73 Å². The molecule has 3 N–H and O–H groups in total. The second-order valence-corrected chi connectivity index (χ2v) is 3.62. The van der Waals surface area contributed by atoms with Gasteiger partial charge in [0.15, 0.2) is 0 Å². The van der Waals surface area contributed by atoms with Crippen molar-refractivity contribution in [3.05, 3.63) is 29.3 Å². The third kappa shape index (κ3) is 2.48. The minimum atomic E-state index is -0.337. The topological polar surface area (TPSA) is 46.2 Å². The molecule has 0 fully saturated rings. The molecule has 0 radical (unpaired) electrons. The van der Waals surface area contributed by atoms with Gasteiger partial charge in [0, 0.05) is 5.69 Å². The van der Waals surface area contributed by atoms with Gasteiger partial charge in [-0.1, -0.05) is 26.3 Å². The normalized spacial score (nSPS) is 12.8. The van der Waals surface area contributed by atoms with E-state index in [1.54, 1.807) is 0 Å². The van der Waals surface area contributed by atoms with Crippen molar-refractivity contribution in [2.24, 2.45) is 0 Å². The number of anilines is 1. The summed E-state index contributed by atoms with van der Waals surface area (Å²) in [5, 5.41) is 9.88. The highest BCUT2D eigenvalue weighted by Gasteiger charge is 2.10. The number of aryl methyl sites for hydroxylation is 1. The molecular weight excluding hydrogens is 174 g/mol. The van der Waals surface area contributed by atoms with Gasteiger partial charge in [0.25, 0.3) is 0 Å². The Labute approximate surface area is 85.8 Å². The molecule has 2 nitrogen and oxygen atoms in total. The first-order valence-corrected chi connectivity index (χ1v) is 5.25. The first-order valence-electron chi connectivity index (χ1n) is 5.25. The Hall–Kier alpha value is -1.02. The fraction of sp³-hybridized carbons (Fsp3) is 0.500. The Morgan fingerprint density at radius 3 is 2.64 bits per heavy atom. The number of rotatable bonds is 4. The molecule has 0 aromatic heterocycles. The molecule has 0 aliphatic rings. The second-order valence-electron chi connectivity index (χ2n) is 3.62. The standard InChI is InChI=1S/C12H19NO/c1-3-5-12(14)11-7-6-10(13)8-9(11)4-2/h6-8,12,14H,3-5,13H2,1-2H3. The highest BCUT2D eigenvalue weighted by atomic mass is 16.3. The van der Waals surface area contributed by atoms with Crippen LogP contribution in [0.4, 0.5) is 5.69 Å². The fourth-order valence-electron chi connectivity index (χ4n) is 1.69. The molecule has 0 aliphatic carbocycles. The highest BCUT2D eigenvalue weighted by Crippen LogP contribution is 2.24. The summed E-state index contributed by atoms with van der Waals surface area (Å²) >= 11 is 0. The Morgan fingerprint density at radius 1 is 1.36 bits per heavy atom. The van der Waals surface area contributed by atoms with Gasteiger partial charge in [-0.25, -0.2) is 0 Å². The van der Waals surface area contributed by atoms with E-state index in [0.29, 0.717) is 0 Å². The maximum absolute atomic E-state index is 9.88. The van der Waals surface area contributed by atoms with Gasteiger partial charge in [-0.2, -0.15) is 0 Å². The largest absolute Gasteiger partial charge is 0.399 e. The van der Waals surface area contributed by atoms with Crippen molar-refractivity contribution >= 4 is 5.69 Å². The molecule has 1 unspecified atom stereocenters. The lowest BCUT2D eigenvalue weighted by Crippen LogP contribution is -2.02. The van der Waals surface area contributed by atoms with E-state index in [0.717, 1.165) is 36.1 Å². The number of benzene rings is 1. The Morgan fingerprint density at radius 2 is 2.07 bits per heavy atom. The van der Waals surface area contributed by atoms with E-state index >= 15 is 0 Å². The van der Waals surface area contributed by atoms with E-state index < -0.39 is 0 Å². The van der Waals surface area contributed by atoms with Gasteiger partial charge in [0.2, 0.25) is 0 Å². The number of hydrogen-bond acceptors (Lipinski definition) is 2. The predicted octanol–water partition coefficient (Wildman–Crippen LogP) is 2.66. The van der Waals surface area contributed by atoms with Gasteiger partial charge in [0.1, 0.15) is 0 Å². The van der Waals surface area contributed by atoms with E-state index in [1.165, 1.54) is 0 Å². The minimum Gasteiger partial charge on any atom is -0.399 e. The zero-order chi connectivity index (χ0) is 10.6. The van der Waals surface area contributed by atoms with E-state index in [4.69, 9.17) is 5.73 Å². The van der Waals surface area contributed by atoms with Crippen molar-refractivity contribution in [3.8, 4) is 0 Å². The number of nitrogen functional groups attached to an aromatic ring is 1. The monoisotopic (exact) mass is 193 g/mol. The van der Waals surface area contributed by atoms with E-state index in [1.807, 2.05) is 18.2 Å². The lowest BCUT2D eigenvalue weighted by atomic mass is 9.97. The summed E-state index contributed by atoms with van der Waals surface area (Å²) in [5.74, 6) is 0. The second kappa shape index (κ2) is 5.01. The van der Waals surface area contributed by atoms with Gasteiger partial charge in [-0.05, 0) is 36.1 Å². The number of nitrogens with two attached hydrogens (primary N) is 1. The van der Waals surface area contributed by atoms with Crippen molar-refractivity contribution in [1.29, 1.82) is 0 Å². The van der Waals surface area contributed by atoms with Gasteiger partial charge < -0.3 is 10.8 Å². The van der Waals surface area contributed by atoms with Crippen LogP contribution in [0.3, 0.4) is 0 Å². The van der Waals surface area contributed by atoms with Crippen LogP contribution in [-0.2, 0) is 6.42 Å². The van der Waals surface area contributed by atoms with Crippen LogP contribution >= 0.6 is 0 Å². The maximum atomic E-state index is 9.88. The number of aliphatic hydroxyl groups excluding tert-OH is 1. The molecule has 0 heterocycles. The van der Waals surface area contributed by atoms with Crippen LogP contribution in [0.25, 0.3) is 0 Å². The third-order valence-electron chi connectivity index (χ3n) is 2.47. The first-order chi connectivity index (χ1) is 6.69. The quantitative estimate of drug-likeness (QED) is 0.722. The summed E-state index contributed by atoms with van der Waals surface area (Å²) in [7, 11) is 0. The minimum absolute atomic E-state index is 0.337. The summed E-state index contributed by atoms with van der Waals surface area (Å²) in [6.45, 7) is 4.16. The summed E-state index contributed by atoms with van der Waals surface area (Å²) in [5.41, 5.74) is 8.66. The van der Waals surface area contributed by atoms with Gasteiger partial charge >= 0.3 is 0 Å². The molecule has 0 saturated heterocycles. The van der Waals surface area contributed by atoms with E-state index in [9.17, 15) is 5.11 Å². The molecule has 2 heteroatoms. The smallest absolute Gasteiger partial charge is 0.0792 e. The van der Waals surface area contributed by atoms with Crippen molar-refractivity contribution in [3.63, 3.8) is 0 Å². The first kappa shape index (κ1) is 11.1. The van der Waals surface area contributed by atoms with Gasteiger partial charge in [0.05, 0.1) is 6.10 Å². The molecule has 78 valence electrons. The summed E-state index contributed by atoms with van der Waals surface area (Å²) in [6, 6.07) is 5.75. The summed E-state index contributed by atoms with van der Waals surface area (Å²) in [4.78, 5) is 0. The van der Waals surface area contributed by atoms with Crippen molar-refractivity contribution < 1.29 is 5.11 Å². The molecule has 0 aliphatic heterocycles. The molecule has 1 aromatic rings. The van der Waals surface area contributed by atoms with Crippen LogP contribution in [-0.4, -0.2) is 5.11 Å². The average molecular weight is 193 g/mol. The van der Waals surface area contributed by atoms with Crippen LogP contribution in [0.5, 0.6) is 0 Å². The van der Waals surface area contributed by atoms with Crippen molar-refractivity contribution in [2.75, 3.05) is 5.73 Å². The molecule has 14 heavy (non-hydrogen) atoms. The summed E-state index contributed by atoms with van der Waals surface area (Å²) < 4.78 is 0. The zero-order valence-electron chi connectivity index (χ0n) is 8.96. The van der Waals surface area contributed by atoms with Crippen LogP contribution in [0.15, 0.2) is 18.2 Å². The third-order valence-corrected chi connectivity index (χ3v) is 2.47. The van der Waals surface area contributed by atoms with E-state index in [2.05, 4.69) is 13.8 Å². The Balaban J connectivity index is 2.95. The van der Waals surface area contributed by atoms with Gasteiger partial charge in [-0.15, -0.1) is 0 Å². The van der Waals surface area contributed by atoms with Crippen molar-refractivity contribution in [1.82, 2.24) is 0 Å². The Bertz CT molecular complexity index is 296. The Kier molecular flexibility index (Phi) is 3.96. The van der Waals surface area contributed by atoms with Crippen LogP contribution in [0, 0.1) is 0 Å². The molecule has 1 atom stereocenters. The van der Waals surface area contributed by atoms with E-state index in [-0.39, 0.29) is 6.10 Å². The molecule has 0 spiro atoms. The van der Waals surface area contributed by atoms with Crippen LogP contribution in [0.2, 0.25) is 0 Å². The van der Waals surface area contributed by atoms with Gasteiger partial charge in [-0.3, -0.25) is 0 Å².